The van der Waals surface area contributed by atoms with Crippen molar-refractivity contribution in [1.82, 2.24) is 5.32 Å². The van der Waals surface area contributed by atoms with Crippen molar-refractivity contribution in [1.29, 1.82) is 0 Å². The van der Waals surface area contributed by atoms with E-state index >= 15 is 0 Å². The lowest BCUT2D eigenvalue weighted by Crippen LogP contribution is -2.45. The minimum absolute atomic E-state index is 0.127. The van der Waals surface area contributed by atoms with Crippen LogP contribution in [-0.2, 0) is 4.79 Å². The highest BCUT2D eigenvalue weighted by Gasteiger charge is 2.17. The average Bonchev–Trinajstić information content (AvgIpc) is 3.33. The minimum Gasteiger partial charge on any atom is -0.394 e. The van der Waals surface area contributed by atoms with Gasteiger partial charge in [0.25, 0.3) is 0 Å². The molecule has 0 aliphatic heterocycles. The number of rotatable bonds is 47. The molecule has 0 bridgehead atoms. The number of aliphatic hydroxyl groups is 2. The lowest BCUT2D eigenvalue weighted by atomic mass is 10.0. The van der Waals surface area contributed by atoms with Crippen LogP contribution >= 0.6 is 0 Å². The van der Waals surface area contributed by atoms with Crippen molar-refractivity contribution in [2.45, 2.75) is 225 Å². The Hall–Kier alpha value is -3.99. The number of nitrogens with one attached hydrogen (secondary N) is 1. The third kappa shape index (κ3) is 52.8. The second kappa shape index (κ2) is 56.3. The molecule has 0 aliphatic carbocycles. The fourth-order valence-electron chi connectivity index (χ4n) is 7.12. The molecule has 3 N–H and O–H groups in total. The SMILES string of the molecule is CC/C=C\C/C=C\C/C=C\C/C=C\C/C=C\C/C=C\C/C=C\C/C=C\C/C=C\C/C=C\CCCCC(=O)NC(CO)C(O)/C=C/CC/C=C/CC/C=C/CCCCCCCCCCCCCC. The number of hydrogen-bond acceptors (Lipinski definition) is 3. The predicted octanol–water partition coefficient (Wildman–Crippen LogP) is 18.2. The predicted molar refractivity (Wildman–Crippen MR) is 298 cm³/mol. The van der Waals surface area contributed by atoms with Crippen LogP contribution in [0.2, 0.25) is 0 Å². The van der Waals surface area contributed by atoms with E-state index in [-0.39, 0.29) is 12.5 Å². The van der Waals surface area contributed by atoms with Crippen LogP contribution in [0.4, 0.5) is 0 Å². The van der Waals surface area contributed by atoms with Gasteiger partial charge in [-0.2, -0.15) is 0 Å². The van der Waals surface area contributed by atoms with Crippen LogP contribution in [0.1, 0.15) is 213 Å². The number of amides is 1. The summed E-state index contributed by atoms with van der Waals surface area (Å²) in [4.78, 5) is 12.4. The minimum atomic E-state index is -0.902. The molecule has 0 aromatic carbocycles. The van der Waals surface area contributed by atoms with Gasteiger partial charge in [-0.1, -0.05) is 242 Å². The summed E-state index contributed by atoms with van der Waals surface area (Å²) >= 11 is 0. The highest BCUT2D eigenvalue weighted by molar-refractivity contribution is 5.76. The molecular formula is C63H101NO3. The molecule has 1 amide bonds. The second-order valence-electron chi connectivity index (χ2n) is 17.5. The van der Waals surface area contributed by atoms with Crippen molar-refractivity contribution in [3.8, 4) is 0 Å². The van der Waals surface area contributed by atoms with Gasteiger partial charge in [-0.05, 0) is 122 Å². The fraction of sp³-hybridized carbons (Fsp3) is 0.571. The van der Waals surface area contributed by atoms with Gasteiger partial charge in [0, 0.05) is 6.42 Å². The summed E-state index contributed by atoms with van der Waals surface area (Å²) in [6.07, 6.45) is 91.0. The molecular weight excluding hydrogens is 819 g/mol. The topological polar surface area (TPSA) is 69.6 Å². The molecule has 0 spiro atoms. The Kier molecular flexibility index (Phi) is 53.0. The number of unbranched alkanes of at least 4 members (excludes halogenated alkanes) is 16. The number of carbonyl (C=O) groups is 1. The van der Waals surface area contributed by atoms with Crippen molar-refractivity contribution in [3.63, 3.8) is 0 Å². The molecule has 4 heteroatoms. The van der Waals surface area contributed by atoms with E-state index in [2.05, 4.69) is 165 Å². The van der Waals surface area contributed by atoms with E-state index in [1.54, 1.807) is 6.08 Å². The highest BCUT2D eigenvalue weighted by atomic mass is 16.3. The van der Waals surface area contributed by atoms with Crippen LogP contribution < -0.4 is 5.32 Å². The maximum absolute atomic E-state index is 12.4. The first-order valence-corrected chi connectivity index (χ1v) is 27.2. The van der Waals surface area contributed by atoms with Crippen molar-refractivity contribution in [2.75, 3.05) is 6.61 Å². The van der Waals surface area contributed by atoms with E-state index in [1.807, 2.05) is 6.08 Å². The largest absolute Gasteiger partial charge is 0.394 e. The molecule has 0 aliphatic rings. The molecule has 0 aromatic heterocycles. The van der Waals surface area contributed by atoms with Gasteiger partial charge in [0.05, 0.1) is 18.8 Å². The zero-order valence-corrected chi connectivity index (χ0v) is 43.1. The number of carbonyl (C=O) groups excluding carboxylic acids is 1. The van der Waals surface area contributed by atoms with Crippen molar-refractivity contribution in [3.05, 3.63) is 158 Å². The Morgan fingerprint density at radius 2 is 0.672 bits per heavy atom. The second-order valence-corrected chi connectivity index (χ2v) is 17.5. The first kappa shape index (κ1) is 63.0. The lowest BCUT2D eigenvalue weighted by molar-refractivity contribution is -0.123. The molecule has 0 fully saturated rings. The van der Waals surface area contributed by atoms with Crippen LogP contribution in [-0.4, -0.2) is 34.9 Å². The van der Waals surface area contributed by atoms with E-state index in [0.717, 1.165) is 109 Å². The van der Waals surface area contributed by atoms with Crippen molar-refractivity contribution >= 4 is 5.91 Å². The number of aliphatic hydroxyl groups excluding tert-OH is 2. The Morgan fingerprint density at radius 3 is 1.04 bits per heavy atom. The molecule has 67 heavy (non-hydrogen) atoms. The molecule has 2 atom stereocenters. The standard InChI is InChI=1S/C63H101NO3/c1-3-5-7-9-11-13-15-17-19-21-23-25-27-28-29-30-31-32-33-34-35-36-37-39-41-43-45-47-49-51-53-55-57-59-63(67)64-61(60-65)62(66)58-56-54-52-50-48-46-44-42-40-38-26-24-22-20-18-16-14-12-10-8-6-4-2/h5,7,11,13,17,19,23,25,28-29,31-32,34-35,37,39-40,42-43,45,48-51,56,58,61-62,65-66H,3-4,6,8-10,12,14-16,18,20-22,24,26-27,30,33,36,38,41,44,46-47,52-55,57,59-60H2,1-2H3,(H,64,67)/b7-5-,13-11-,19-17-,25-23-,29-28-,32-31-,35-34-,39-37-,42-40+,45-43-,50-48+,51-49-,58-56+. The summed E-state index contributed by atoms with van der Waals surface area (Å²) in [5, 5.41) is 23.1. The third-order valence-corrected chi connectivity index (χ3v) is 11.2. The summed E-state index contributed by atoms with van der Waals surface area (Å²) in [5.41, 5.74) is 0. The Morgan fingerprint density at radius 1 is 0.373 bits per heavy atom. The Bertz CT molecular complexity index is 1460. The van der Waals surface area contributed by atoms with Crippen molar-refractivity contribution < 1.29 is 15.0 Å². The quantitative estimate of drug-likeness (QED) is 0.0421. The smallest absolute Gasteiger partial charge is 0.220 e. The van der Waals surface area contributed by atoms with Crippen molar-refractivity contribution in [2.24, 2.45) is 0 Å². The number of hydrogen-bond donors (Lipinski definition) is 3. The summed E-state index contributed by atoms with van der Waals surface area (Å²) in [5.74, 6) is -0.127. The van der Waals surface area contributed by atoms with Crippen LogP contribution in [0.3, 0.4) is 0 Å². The van der Waals surface area contributed by atoms with E-state index in [1.165, 1.54) is 83.5 Å². The molecule has 0 radical (unpaired) electrons. The van der Waals surface area contributed by atoms with Gasteiger partial charge in [0.1, 0.15) is 0 Å². The average molecular weight is 921 g/mol. The first-order valence-electron chi connectivity index (χ1n) is 27.2. The summed E-state index contributed by atoms with van der Waals surface area (Å²) < 4.78 is 0. The molecule has 4 nitrogen and oxygen atoms in total. The van der Waals surface area contributed by atoms with Crippen LogP contribution in [0.5, 0.6) is 0 Å². The van der Waals surface area contributed by atoms with Gasteiger partial charge >= 0.3 is 0 Å². The lowest BCUT2D eigenvalue weighted by Gasteiger charge is -2.19. The van der Waals surface area contributed by atoms with Crippen LogP contribution in [0.15, 0.2) is 158 Å². The monoisotopic (exact) mass is 920 g/mol. The van der Waals surface area contributed by atoms with E-state index < -0.39 is 12.1 Å². The molecule has 0 rings (SSSR count). The molecule has 0 saturated heterocycles. The normalized spacial score (nSPS) is 14.1. The maximum atomic E-state index is 12.4. The van der Waals surface area contributed by atoms with Crippen LogP contribution in [0.25, 0.3) is 0 Å². The zero-order chi connectivity index (χ0) is 48.5. The van der Waals surface area contributed by atoms with E-state index in [9.17, 15) is 15.0 Å². The van der Waals surface area contributed by atoms with Gasteiger partial charge in [0.15, 0.2) is 0 Å². The molecule has 2 unspecified atom stereocenters. The molecule has 0 saturated carbocycles. The highest BCUT2D eigenvalue weighted by Crippen LogP contribution is 2.13. The fourth-order valence-corrected chi connectivity index (χ4v) is 7.12. The maximum Gasteiger partial charge on any atom is 0.220 e. The van der Waals surface area contributed by atoms with Gasteiger partial charge in [0.2, 0.25) is 5.91 Å². The van der Waals surface area contributed by atoms with Gasteiger partial charge in [-0.25, -0.2) is 0 Å². The first-order chi connectivity index (χ1) is 33.2. The summed E-state index contributed by atoms with van der Waals surface area (Å²) in [6.45, 7) is 4.15. The third-order valence-electron chi connectivity index (χ3n) is 11.2. The van der Waals surface area contributed by atoms with Gasteiger partial charge < -0.3 is 15.5 Å². The van der Waals surface area contributed by atoms with E-state index in [0.29, 0.717) is 6.42 Å². The van der Waals surface area contributed by atoms with Gasteiger partial charge in [-0.15, -0.1) is 0 Å². The summed E-state index contributed by atoms with van der Waals surface area (Å²) in [7, 11) is 0. The Labute approximate surface area is 414 Å². The number of allylic oxidation sites excluding steroid dienone is 25. The van der Waals surface area contributed by atoms with Crippen LogP contribution in [0, 0.1) is 0 Å². The molecule has 376 valence electrons. The molecule has 0 aromatic rings. The zero-order valence-electron chi connectivity index (χ0n) is 43.1. The van der Waals surface area contributed by atoms with Gasteiger partial charge in [-0.3, -0.25) is 4.79 Å². The molecule has 0 heterocycles. The summed E-state index contributed by atoms with van der Waals surface area (Å²) in [6, 6.07) is -0.682. The Balaban J connectivity index is 3.78. The van der Waals surface area contributed by atoms with E-state index in [4.69, 9.17) is 0 Å².